The Kier molecular flexibility index (Phi) is 4.55. The molecule has 0 saturated carbocycles. The fourth-order valence-corrected chi connectivity index (χ4v) is 1.90. The number of aliphatic hydroxyl groups is 1. The summed E-state index contributed by atoms with van der Waals surface area (Å²) in [7, 11) is 1.49. The van der Waals surface area contributed by atoms with Crippen LogP contribution in [0.15, 0.2) is 42.5 Å². The third-order valence-electron chi connectivity index (χ3n) is 3.04. The van der Waals surface area contributed by atoms with Gasteiger partial charge in [0.2, 0.25) is 0 Å². The summed E-state index contributed by atoms with van der Waals surface area (Å²) in [5.41, 5.74) is 1.23. The summed E-state index contributed by atoms with van der Waals surface area (Å²) >= 11 is 0. The molecule has 0 aliphatic rings. The molecule has 21 heavy (non-hydrogen) atoms. The third kappa shape index (κ3) is 3.58. The molecule has 0 radical (unpaired) electrons. The predicted molar refractivity (Wildman–Crippen MR) is 77.7 cm³/mol. The molecule has 1 unspecified atom stereocenters. The van der Waals surface area contributed by atoms with Gasteiger partial charge in [-0.15, -0.1) is 0 Å². The Balaban J connectivity index is 2.17. The smallest absolute Gasteiger partial charge is 0.257 e. The van der Waals surface area contributed by atoms with Crippen LogP contribution in [0, 0.1) is 12.7 Å². The second-order valence-corrected chi connectivity index (χ2v) is 4.65. The van der Waals surface area contributed by atoms with Crippen molar-refractivity contribution in [2.45, 2.75) is 13.0 Å². The van der Waals surface area contributed by atoms with Crippen molar-refractivity contribution < 1.29 is 19.0 Å². The summed E-state index contributed by atoms with van der Waals surface area (Å²) in [6.45, 7) is 1.79. The maximum atomic E-state index is 13.6. The first-order valence-electron chi connectivity index (χ1n) is 6.40. The summed E-state index contributed by atoms with van der Waals surface area (Å²) in [6.07, 6.45) is -1.40. The Bertz CT molecular complexity index is 658. The van der Waals surface area contributed by atoms with Crippen molar-refractivity contribution in [3.63, 3.8) is 0 Å². The number of anilines is 1. The Morgan fingerprint density at radius 2 is 2.05 bits per heavy atom. The summed E-state index contributed by atoms with van der Waals surface area (Å²) in [5, 5.41) is 12.4. The van der Waals surface area contributed by atoms with Crippen LogP contribution in [0.1, 0.15) is 17.2 Å². The summed E-state index contributed by atoms with van der Waals surface area (Å²) < 4.78 is 18.6. The minimum atomic E-state index is -1.40. The summed E-state index contributed by atoms with van der Waals surface area (Å²) in [6, 6.07) is 10.9. The van der Waals surface area contributed by atoms with E-state index in [-0.39, 0.29) is 5.69 Å². The number of carbonyl (C=O) groups is 1. The lowest BCUT2D eigenvalue weighted by molar-refractivity contribution is -0.124. The van der Waals surface area contributed by atoms with E-state index in [0.29, 0.717) is 11.3 Å². The van der Waals surface area contributed by atoms with Gasteiger partial charge >= 0.3 is 0 Å². The summed E-state index contributed by atoms with van der Waals surface area (Å²) in [5.74, 6) is -0.722. The van der Waals surface area contributed by atoms with E-state index < -0.39 is 17.8 Å². The van der Waals surface area contributed by atoms with Crippen LogP contribution < -0.4 is 10.1 Å². The van der Waals surface area contributed by atoms with Crippen LogP contribution in [0.25, 0.3) is 0 Å². The van der Waals surface area contributed by atoms with Gasteiger partial charge in [0.25, 0.3) is 5.91 Å². The molecular weight excluding hydrogens is 273 g/mol. The first kappa shape index (κ1) is 15.0. The van der Waals surface area contributed by atoms with Crippen molar-refractivity contribution in [1.29, 1.82) is 0 Å². The number of methoxy groups -OCH3 is 1. The topological polar surface area (TPSA) is 58.6 Å². The van der Waals surface area contributed by atoms with Crippen molar-refractivity contribution in [3.05, 3.63) is 59.4 Å². The predicted octanol–water partition coefficient (Wildman–Crippen LogP) is 2.81. The fraction of sp³-hybridized carbons (Fsp3) is 0.188. The Labute approximate surface area is 122 Å². The molecule has 2 aromatic carbocycles. The number of benzene rings is 2. The molecule has 0 fully saturated rings. The molecular formula is C16H16FNO3. The Morgan fingerprint density at radius 1 is 1.29 bits per heavy atom. The minimum absolute atomic E-state index is 0.0435. The minimum Gasteiger partial charge on any atom is -0.497 e. The van der Waals surface area contributed by atoms with Gasteiger partial charge in [-0.1, -0.05) is 18.2 Å². The van der Waals surface area contributed by atoms with Gasteiger partial charge in [0.1, 0.15) is 11.6 Å². The van der Waals surface area contributed by atoms with Crippen LogP contribution >= 0.6 is 0 Å². The monoisotopic (exact) mass is 289 g/mol. The highest BCUT2D eigenvalue weighted by molar-refractivity contribution is 5.94. The summed E-state index contributed by atoms with van der Waals surface area (Å²) in [4.78, 5) is 12.0. The largest absolute Gasteiger partial charge is 0.497 e. The van der Waals surface area contributed by atoms with Gasteiger partial charge < -0.3 is 15.2 Å². The molecule has 2 rings (SSSR count). The van der Waals surface area contributed by atoms with Crippen molar-refractivity contribution in [1.82, 2.24) is 0 Å². The Morgan fingerprint density at radius 3 is 2.76 bits per heavy atom. The maximum Gasteiger partial charge on any atom is 0.257 e. The second-order valence-electron chi connectivity index (χ2n) is 4.65. The number of ether oxygens (including phenoxy) is 1. The Hall–Kier alpha value is -2.40. The van der Waals surface area contributed by atoms with E-state index in [0.717, 1.165) is 5.56 Å². The van der Waals surface area contributed by atoms with Crippen LogP contribution in [0.5, 0.6) is 5.75 Å². The van der Waals surface area contributed by atoms with Gasteiger partial charge in [-0.2, -0.15) is 0 Å². The molecule has 2 N–H and O–H groups in total. The number of aliphatic hydroxyl groups excluding tert-OH is 1. The van der Waals surface area contributed by atoms with E-state index in [4.69, 9.17) is 4.74 Å². The molecule has 1 amide bonds. The van der Waals surface area contributed by atoms with Crippen LogP contribution in [0.4, 0.5) is 10.1 Å². The van der Waals surface area contributed by atoms with Crippen LogP contribution in [0.2, 0.25) is 0 Å². The van der Waals surface area contributed by atoms with Gasteiger partial charge in [0.05, 0.1) is 12.8 Å². The number of hydrogen-bond acceptors (Lipinski definition) is 3. The highest BCUT2D eigenvalue weighted by atomic mass is 19.1. The highest BCUT2D eigenvalue weighted by Gasteiger charge is 2.19. The van der Waals surface area contributed by atoms with Crippen molar-refractivity contribution in [2.75, 3.05) is 12.4 Å². The van der Waals surface area contributed by atoms with Crippen LogP contribution in [-0.2, 0) is 4.79 Å². The van der Waals surface area contributed by atoms with Crippen LogP contribution in [-0.4, -0.2) is 18.1 Å². The molecule has 2 aromatic rings. The number of nitrogens with one attached hydrogen (secondary N) is 1. The lowest BCUT2D eigenvalue weighted by atomic mass is 10.1. The van der Waals surface area contributed by atoms with Gasteiger partial charge in [-0.05, 0) is 42.3 Å². The first-order chi connectivity index (χ1) is 10.0. The number of hydrogen-bond donors (Lipinski definition) is 2. The highest BCUT2D eigenvalue weighted by Crippen LogP contribution is 2.22. The number of amides is 1. The lowest BCUT2D eigenvalue weighted by Crippen LogP contribution is -2.21. The molecule has 1 atom stereocenters. The normalized spacial score (nSPS) is 11.8. The quantitative estimate of drug-likeness (QED) is 0.910. The van der Waals surface area contributed by atoms with E-state index in [1.165, 1.54) is 19.2 Å². The molecule has 0 saturated heterocycles. The number of rotatable bonds is 4. The molecule has 0 bridgehead atoms. The standard InChI is InChI=1S/C16H16FNO3/c1-10-6-7-13(17)14(8-10)18-16(20)15(19)11-4-3-5-12(9-11)21-2/h3-9,15,19H,1-2H3,(H,18,20). The van der Waals surface area contributed by atoms with E-state index >= 15 is 0 Å². The zero-order chi connectivity index (χ0) is 15.4. The molecule has 0 spiro atoms. The van der Waals surface area contributed by atoms with E-state index in [9.17, 15) is 14.3 Å². The van der Waals surface area contributed by atoms with Gasteiger partial charge in [0.15, 0.2) is 6.10 Å². The van der Waals surface area contributed by atoms with Gasteiger partial charge in [-0.3, -0.25) is 4.79 Å². The van der Waals surface area contributed by atoms with Crippen molar-refractivity contribution in [3.8, 4) is 5.75 Å². The van der Waals surface area contributed by atoms with Crippen molar-refractivity contribution in [2.24, 2.45) is 0 Å². The van der Waals surface area contributed by atoms with E-state index in [1.54, 1.807) is 37.3 Å². The molecule has 4 nitrogen and oxygen atoms in total. The average molecular weight is 289 g/mol. The zero-order valence-corrected chi connectivity index (χ0v) is 11.8. The van der Waals surface area contributed by atoms with Crippen molar-refractivity contribution >= 4 is 11.6 Å². The number of halogens is 1. The fourth-order valence-electron chi connectivity index (χ4n) is 1.90. The molecule has 0 aromatic heterocycles. The average Bonchev–Trinajstić information content (AvgIpc) is 2.50. The van der Waals surface area contributed by atoms with Gasteiger partial charge in [0, 0.05) is 0 Å². The van der Waals surface area contributed by atoms with E-state index in [2.05, 4.69) is 5.32 Å². The second kappa shape index (κ2) is 6.37. The lowest BCUT2D eigenvalue weighted by Gasteiger charge is -2.13. The zero-order valence-electron chi connectivity index (χ0n) is 11.8. The first-order valence-corrected chi connectivity index (χ1v) is 6.40. The molecule has 0 aliphatic heterocycles. The third-order valence-corrected chi connectivity index (χ3v) is 3.04. The van der Waals surface area contributed by atoms with E-state index in [1.807, 2.05) is 0 Å². The molecule has 0 heterocycles. The maximum absolute atomic E-state index is 13.6. The number of carbonyl (C=O) groups excluding carboxylic acids is 1. The molecule has 0 aliphatic carbocycles. The van der Waals surface area contributed by atoms with Gasteiger partial charge in [-0.25, -0.2) is 4.39 Å². The van der Waals surface area contributed by atoms with Crippen LogP contribution in [0.3, 0.4) is 0 Å². The molecule has 5 heteroatoms. The molecule has 110 valence electrons. The SMILES string of the molecule is COc1cccc(C(O)C(=O)Nc2cc(C)ccc2F)c1. The number of aryl methyl sites for hydroxylation is 1.